The lowest BCUT2D eigenvalue weighted by Crippen LogP contribution is -2.34. The SMILES string of the molecule is COc1cc(OC)nc(NOC(=O)NS(=O)(=O)c2c(-c3nnn(C)n3)cnn2C)n1. The minimum atomic E-state index is -4.42. The second-order valence-electron chi connectivity index (χ2n) is 5.46. The average molecular weight is 440 g/mol. The molecule has 30 heavy (non-hydrogen) atoms. The van der Waals surface area contributed by atoms with E-state index in [2.05, 4.69) is 40.8 Å². The lowest BCUT2D eigenvalue weighted by Gasteiger charge is -2.10. The molecule has 0 spiro atoms. The summed E-state index contributed by atoms with van der Waals surface area (Å²) in [5.74, 6) is 0.0482. The molecular weight excluding hydrogens is 424 g/mol. The number of aromatic nitrogens is 8. The smallest absolute Gasteiger partial charge is 0.445 e. The van der Waals surface area contributed by atoms with Crippen LogP contribution in [0.2, 0.25) is 0 Å². The number of carbonyl (C=O) groups is 1. The largest absolute Gasteiger partial charge is 0.481 e. The number of carbonyl (C=O) groups excluding carboxylic acids is 1. The summed E-state index contributed by atoms with van der Waals surface area (Å²) >= 11 is 0. The lowest BCUT2D eigenvalue weighted by molar-refractivity contribution is 0.175. The molecule has 0 aliphatic carbocycles. The second-order valence-corrected chi connectivity index (χ2v) is 7.06. The minimum Gasteiger partial charge on any atom is -0.481 e. The highest BCUT2D eigenvalue weighted by Gasteiger charge is 2.29. The van der Waals surface area contributed by atoms with Gasteiger partial charge in [0.15, 0.2) is 5.03 Å². The van der Waals surface area contributed by atoms with Crippen LogP contribution in [-0.4, -0.2) is 68.7 Å². The van der Waals surface area contributed by atoms with Crippen molar-refractivity contribution in [3.8, 4) is 23.1 Å². The molecule has 0 saturated carbocycles. The van der Waals surface area contributed by atoms with Gasteiger partial charge in [0.05, 0.1) is 39.1 Å². The van der Waals surface area contributed by atoms with Gasteiger partial charge >= 0.3 is 6.09 Å². The zero-order chi connectivity index (χ0) is 21.9. The average Bonchev–Trinajstić information content (AvgIpc) is 3.31. The Kier molecular flexibility index (Phi) is 5.63. The monoisotopic (exact) mass is 440 g/mol. The summed E-state index contributed by atoms with van der Waals surface area (Å²) < 4.78 is 38.0. The lowest BCUT2D eigenvalue weighted by atomic mass is 10.3. The maximum Gasteiger partial charge on any atom is 0.445 e. The van der Waals surface area contributed by atoms with Crippen molar-refractivity contribution in [2.75, 3.05) is 19.7 Å². The quantitative estimate of drug-likeness (QED) is 0.419. The molecule has 0 fully saturated rings. The highest BCUT2D eigenvalue weighted by atomic mass is 32.2. The first-order valence-corrected chi connectivity index (χ1v) is 9.45. The van der Waals surface area contributed by atoms with Gasteiger partial charge in [-0.2, -0.15) is 33.8 Å². The summed E-state index contributed by atoms with van der Waals surface area (Å²) in [5.41, 5.74) is 2.15. The van der Waals surface area contributed by atoms with Crippen molar-refractivity contribution in [2.24, 2.45) is 14.1 Å². The summed E-state index contributed by atoms with van der Waals surface area (Å²) in [6.45, 7) is 0. The number of rotatable bonds is 7. The third kappa shape index (κ3) is 4.35. The van der Waals surface area contributed by atoms with Crippen LogP contribution < -0.4 is 19.7 Å². The third-order valence-corrected chi connectivity index (χ3v) is 4.87. The molecule has 16 nitrogen and oxygen atoms in total. The molecule has 0 atom stereocenters. The van der Waals surface area contributed by atoms with Crippen molar-refractivity contribution in [1.29, 1.82) is 0 Å². The number of methoxy groups -OCH3 is 2. The van der Waals surface area contributed by atoms with Crippen molar-refractivity contribution in [2.45, 2.75) is 5.03 Å². The molecule has 3 aromatic rings. The molecule has 0 aliphatic heterocycles. The first-order valence-electron chi connectivity index (χ1n) is 7.96. The van der Waals surface area contributed by atoms with Gasteiger partial charge < -0.3 is 14.3 Å². The Morgan fingerprint density at radius 2 is 1.80 bits per heavy atom. The Morgan fingerprint density at radius 3 is 2.37 bits per heavy atom. The molecule has 1 amide bonds. The summed E-state index contributed by atoms with van der Waals surface area (Å²) in [7, 11) is 1.19. The fourth-order valence-electron chi connectivity index (χ4n) is 2.22. The molecule has 0 bridgehead atoms. The van der Waals surface area contributed by atoms with Crippen molar-refractivity contribution in [3.05, 3.63) is 12.3 Å². The zero-order valence-corrected chi connectivity index (χ0v) is 16.9. The second kappa shape index (κ2) is 8.15. The molecule has 0 unspecified atom stereocenters. The Morgan fingerprint density at radius 1 is 1.13 bits per heavy atom. The Bertz CT molecular complexity index is 1150. The number of tetrazole rings is 1. The van der Waals surface area contributed by atoms with Gasteiger partial charge in [0.25, 0.3) is 16.0 Å². The molecule has 2 N–H and O–H groups in total. The number of aryl methyl sites for hydroxylation is 2. The van der Waals surface area contributed by atoms with Crippen molar-refractivity contribution >= 4 is 22.1 Å². The van der Waals surface area contributed by atoms with Gasteiger partial charge in [-0.05, 0) is 5.21 Å². The van der Waals surface area contributed by atoms with Gasteiger partial charge in [-0.25, -0.2) is 9.52 Å². The number of sulfonamides is 1. The predicted octanol–water partition coefficient (Wildman–Crippen LogP) is -1.14. The summed E-state index contributed by atoms with van der Waals surface area (Å²) in [6, 6.07) is 1.39. The van der Waals surface area contributed by atoms with E-state index < -0.39 is 16.1 Å². The minimum absolute atomic E-state index is 0.00865. The number of amides is 1. The van der Waals surface area contributed by atoms with Crippen molar-refractivity contribution < 1.29 is 27.5 Å². The maximum absolute atomic E-state index is 12.7. The summed E-state index contributed by atoms with van der Waals surface area (Å²) in [5, 5.41) is 14.8. The van der Waals surface area contributed by atoms with Crippen LogP contribution in [0.3, 0.4) is 0 Å². The van der Waals surface area contributed by atoms with E-state index in [1.807, 2.05) is 0 Å². The molecule has 0 aliphatic rings. The standard InChI is InChI=1S/C13H16N10O6S/c1-22-11(7(6-14-22)10-17-21-23(2)18-10)30(25,26)20-13(24)29-19-12-15-8(27-3)5-9(16-12)28-4/h5-6H,1-4H3,(H,20,24)(H,15,16,19). The Labute approximate surface area is 169 Å². The fraction of sp³-hybridized carbons (Fsp3) is 0.308. The normalized spacial score (nSPS) is 11.1. The number of nitrogens with one attached hydrogen (secondary N) is 2. The molecular formula is C13H16N10O6S. The predicted molar refractivity (Wildman–Crippen MR) is 96.6 cm³/mol. The van der Waals surface area contributed by atoms with Crippen molar-refractivity contribution in [1.82, 2.24) is 44.7 Å². The van der Waals surface area contributed by atoms with E-state index in [9.17, 15) is 13.2 Å². The zero-order valence-electron chi connectivity index (χ0n) is 16.1. The van der Waals surface area contributed by atoms with Crippen LogP contribution in [0.4, 0.5) is 10.7 Å². The first-order chi connectivity index (χ1) is 14.2. The number of ether oxygens (including phenoxy) is 2. The number of hydrogen-bond acceptors (Lipinski definition) is 13. The van der Waals surface area contributed by atoms with E-state index in [1.165, 1.54) is 40.6 Å². The fourth-order valence-corrected chi connectivity index (χ4v) is 3.41. The van der Waals surface area contributed by atoms with Crippen LogP contribution in [0.15, 0.2) is 17.3 Å². The first kappa shape index (κ1) is 20.7. The van der Waals surface area contributed by atoms with Gasteiger partial charge in [0.1, 0.15) is 0 Å². The summed E-state index contributed by atoms with van der Waals surface area (Å²) in [6.07, 6.45) is -0.134. The van der Waals surface area contributed by atoms with E-state index in [0.717, 1.165) is 9.48 Å². The molecule has 3 rings (SSSR count). The topological polar surface area (TPSA) is 190 Å². The molecule has 0 radical (unpaired) electrons. The molecule has 0 saturated heterocycles. The van der Waals surface area contributed by atoms with E-state index in [1.54, 1.807) is 4.72 Å². The molecule has 17 heteroatoms. The van der Waals surface area contributed by atoms with Crippen molar-refractivity contribution in [3.63, 3.8) is 0 Å². The van der Waals surface area contributed by atoms with Gasteiger partial charge in [-0.15, -0.1) is 10.2 Å². The van der Waals surface area contributed by atoms with Crippen LogP contribution in [-0.2, 0) is 29.0 Å². The van der Waals surface area contributed by atoms with E-state index in [0.29, 0.717) is 0 Å². The van der Waals surface area contributed by atoms with Crippen LogP contribution >= 0.6 is 0 Å². The van der Waals surface area contributed by atoms with Gasteiger partial charge in [-0.3, -0.25) is 4.68 Å². The van der Waals surface area contributed by atoms with Crippen LogP contribution in [0.25, 0.3) is 11.4 Å². The highest BCUT2D eigenvalue weighted by Crippen LogP contribution is 2.23. The molecule has 160 valence electrons. The van der Waals surface area contributed by atoms with Gasteiger partial charge in [0, 0.05) is 7.05 Å². The maximum atomic E-state index is 12.7. The molecule has 0 aromatic carbocycles. The number of anilines is 1. The van der Waals surface area contributed by atoms with Crippen LogP contribution in [0, 0.1) is 0 Å². The van der Waals surface area contributed by atoms with Crippen LogP contribution in [0.5, 0.6) is 11.8 Å². The Balaban J connectivity index is 1.75. The Hall–Kier alpha value is -4.02. The van der Waals surface area contributed by atoms with E-state index >= 15 is 0 Å². The molecule has 3 aromatic heterocycles. The number of hydrogen-bond donors (Lipinski definition) is 2. The van der Waals surface area contributed by atoms with E-state index in [-0.39, 0.29) is 34.1 Å². The van der Waals surface area contributed by atoms with Gasteiger partial charge in [-0.1, -0.05) is 0 Å². The van der Waals surface area contributed by atoms with E-state index in [4.69, 9.17) is 9.47 Å². The van der Waals surface area contributed by atoms with Gasteiger partial charge in [0.2, 0.25) is 17.6 Å². The van der Waals surface area contributed by atoms with Crippen LogP contribution in [0.1, 0.15) is 0 Å². The number of nitrogens with zero attached hydrogens (tertiary/aromatic N) is 8. The highest BCUT2D eigenvalue weighted by molar-refractivity contribution is 7.90. The molecule has 3 heterocycles. The third-order valence-electron chi connectivity index (χ3n) is 3.44. The summed E-state index contributed by atoms with van der Waals surface area (Å²) in [4.78, 5) is 25.6.